The Labute approximate surface area is 95.2 Å². The number of carbonyl (C=O) groups excluding carboxylic acids is 1. The quantitative estimate of drug-likeness (QED) is 0.800. The lowest BCUT2D eigenvalue weighted by Gasteiger charge is -2.07. The molecule has 1 aromatic rings. The van der Waals surface area contributed by atoms with Crippen LogP contribution in [0.5, 0.6) is 5.75 Å². The van der Waals surface area contributed by atoms with Crippen molar-refractivity contribution in [3.05, 3.63) is 23.8 Å². The lowest BCUT2D eigenvalue weighted by atomic mass is 10.2. The molecular weight excluding hydrogens is 228 g/mol. The fourth-order valence-electron chi connectivity index (χ4n) is 1.40. The molecular formula is C11H14O4S. The van der Waals surface area contributed by atoms with Crippen LogP contribution in [0, 0.1) is 6.92 Å². The van der Waals surface area contributed by atoms with Gasteiger partial charge in [-0.1, -0.05) is 0 Å². The average molecular weight is 242 g/mol. The largest absolute Gasteiger partial charge is 0.496 e. The number of methoxy groups -OCH3 is 1. The van der Waals surface area contributed by atoms with Crippen molar-refractivity contribution in [1.82, 2.24) is 0 Å². The van der Waals surface area contributed by atoms with Gasteiger partial charge in [0.25, 0.3) is 0 Å². The molecule has 0 bridgehead atoms. The van der Waals surface area contributed by atoms with E-state index in [-0.39, 0.29) is 10.7 Å². The SMILES string of the molecule is COc1ccc(S(=O)(=O)CC(C)=O)cc1C. The van der Waals surface area contributed by atoms with Crippen LogP contribution in [0.25, 0.3) is 0 Å². The molecule has 0 spiro atoms. The summed E-state index contributed by atoms with van der Waals surface area (Å²) in [5.74, 6) is -0.200. The van der Waals surface area contributed by atoms with Gasteiger partial charge in [-0.25, -0.2) is 8.42 Å². The highest BCUT2D eigenvalue weighted by Gasteiger charge is 2.17. The average Bonchev–Trinajstić information content (AvgIpc) is 2.15. The van der Waals surface area contributed by atoms with Crippen molar-refractivity contribution in [2.24, 2.45) is 0 Å². The van der Waals surface area contributed by atoms with Crippen LogP contribution >= 0.6 is 0 Å². The second kappa shape index (κ2) is 4.65. The number of ketones is 1. The molecule has 0 aromatic heterocycles. The van der Waals surface area contributed by atoms with Gasteiger partial charge in [0.2, 0.25) is 0 Å². The minimum atomic E-state index is -3.51. The Hall–Kier alpha value is -1.36. The highest BCUT2D eigenvalue weighted by atomic mass is 32.2. The van der Waals surface area contributed by atoms with Crippen molar-refractivity contribution in [1.29, 1.82) is 0 Å². The maximum absolute atomic E-state index is 11.7. The van der Waals surface area contributed by atoms with Crippen LogP contribution in [0.2, 0.25) is 0 Å². The Morgan fingerprint density at radius 2 is 2.00 bits per heavy atom. The zero-order valence-corrected chi connectivity index (χ0v) is 10.3. The van der Waals surface area contributed by atoms with Crippen molar-refractivity contribution in [3.8, 4) is 5.75 Å². The van der Waals surface area contributed by atoms with Gasteiger partial charge in [-0.2, -0.15) is 0 Å². The van der Waals surface area contributed by atoms with Crippen LogP contribution in [0.15, 0.2) is 23.1 Å². The van der Waals surface area contributed by atoms with Crippen molar-refractivity contribution in [2.75, 3.05) is 12.9 Å². The van der Waals surface area contributed by atoms with Gasteiger partial charge in [0.05, 0.1) is 12.0 Å². The Bertz CT molecular complexity index is 503. The molecule has 5 heteroatoms. The third-order valence-electron chi connectivity index (χ3n) is 2.12. The molecule has 0 unspecified atom stereocenters. The Morgan fingerprint density at radius 1 is 1.38 bits per heavy atom. The predicted molar refractivity (Wildman–Crippen MR) is 60.5 cm³/mol. The first kappa shape index (κ1) is 12.7. The zero-order chi connectivity index (χ0) is 12.3. The summed E-state index contributed by atoms with van der Waals surface area (Å²) in [6.07, 6.45) is 0. The second-order valence-electron chi connectivity index (χ2n) is 3.59. The number of rotatable bonds is 4. The number of hydrogen-bond acceptors (Lipinski definition) is 4. The minimum Gasteiger partial charge on any atom is -0.496 e. The Kier molecular flexibility index (Phi) is 3.70. The summed E-state index contributed by atoms with van der Waals surface area (Å²) in [6, 6.07) is 4.55. The van der Waals surface area contributed by atoms with Gasteiger partial charge >= 0.3 is 0 Å². The number of hydrogen-bond donors (Lipinski definition) is 0. The van der Waals surface area contributed by atoms with E-state index >= 15 is 0 Å². The summed E-state index contributed by atoms with van der Waals surface area (Å²) in [7, 11) is -1.99. The highest BCUT2D eigenvalue weighted by Crippen LogP contribution is 2.21. The first-order valence-corrected chi connectivity index (χ1v) is 6.39. The Morgan fingerprint density at radius 3 is 2.44 bits per heavy atom. The standard InChI is InChI=1S/C11H14O4S/c1-8-6-10(4-5-11(8)15-3)16(13,14)7-9(2)12/h4-6H,7H2,1-3H3. The molecule has 0 atom stereocenters. The van der Waals surface area contributed by atoms with Gasteiger partial charge in [0.1, 0.15) is 17.3 Å². The van der Waals surface area contributed by atoms with Crippen LogP contribution in [-0.2, 0) is 14.6 Å². The number of aryl methyl sites for hydroxylation is 1. The number of sulfone groups is 1. The molecule has 0 radical (unpaired) electrons. The van der Waals surface area contributed by atoms with Crippen LogP contribution in [0.1, 0.15) is 12.5 Å². The lowest BCUT2D eigenvalue weighted by molar-refractivity contribution is -0.114. The van der Waals surface area contributed by atoms with E-state index in [1.807, 2.05) is 0 Å². The molecule has 0 aliphatic heterocycles. The molecule has 1 aromatic carbocycles. The van der Waals surface area contributed by atoms with E-state index in [1.54, 1.807) is 13.0 Å². The third-order valence-corrected chi connectivity index (χ3v) is 3.88. The normalized spacial score (nSPS) is 11.2. The van der Waals surface area contributed by atoms with Gasteiger partial charge in [0.15, 0.2) is 9.84 Å². The highest BCUT2D eigenvalue weighted by molar-refractivity contribution is 7.92. The molecule has 0 amide bonds. The maximum atomic E-state index is 11.7. The second-order valence-corrected chi connectivity index (χ2v) is 5.58. The van der Waals surface area contributed by atoms with Crippen LogP contribution in [-0.4, -0.2) is 27.1 Å². The summed E-state index contributed by atoms with van der Waals surface area (Å²) >= 11 is 0. The zero-order valence-electron chi connectivity index (χ0n) is 9.48. The maximum Gasteiger partial charge on any atom is 0.185 e. The van der Waals surface area contributed by atoms with Gasteiger partial charge in [0, 0.05) is 0 Å². The molecule has 4 nitrogen and oxygen atoms in total. The van der Waals surface area contributed by atoms with E-state index in [2.05, 4.69) is 0 Å². The molecule has 0 aliphatic carbocycles. The molecule has 0 N–H and O–H groups in total. The van der Waals surface area contributed by atoms with Gasteiger partial charge in [-0.15, -0.1) is 0 Å². The lowest BCUT2D eigenvalue weighted by Crippen LogP contribution is -2.13. The van der Waals surface area contributed by atoms with Crippen molar-refractivity contribution in [3.63, 3.8) is 0 Å². The van der Waals surface area contributed by atoms with Crippen molar-refractivity contribution >= 4 is 15.6 Å². The molecule has 0 aliphatic rings. The molecule has 1 rings (SSSR count). The summed E-state index contributed by atoms with van der Waals surface area (Å²) in [4.78, 5) is 11.0. The molecule has 0 saturated heterocycles. The van der Waals surface area contributed by atoms with Crippen molar-refractivity contribution < 1.29 is 17.9 Å². The predicted octanol–water partition coefficient (Wildman–Crippen LogP) is 1.37. The molecule has 0 fully saturated rings. The van der Waals surface area contributed by atoms with E-state index in [4.69, 9.17) is 4.74 Å². The van der Waals surface area contributed by atoms with Gasteiger partial charge < -0.3 is 4.74 Å². The van der Waals surface area contributed by atoms with E-state index in [0.29, 0.717) is 5.75 Å². The third kappa shape index (κ3) is 2.82. The van der Waals surface area contributed by atoms with Crippen LogP contribution in [0.4, 0.5) is 0 Å². The van der Waals surface area contributed by atoms with Crippen LogP contribution in [0.3, 0.4) is 0 Å². The topological polar surface area (TPSA) is 60.4 Å². The van der Waals surface area contributed by atoms with Gasteiger partial charge in [-0.05, 0) is 37.6 Å². The smallest absolute Gasteiger partial charge is 0.185 e. The number of carbonyl (C=O) groups is 1. The van der Waals surface area contributed by atoms with Gasteiger partial charge in [-0.3, -0.25) is 4.79 Å². The number of Topliss-reactive ketones (excluding diaryl/α,β-unsaturated/α-hetero) is 1. The van der Waals surface area contributed by atoms with E-state index in [0.717, 1.165) is 5.56 Å². The molecule has 88 valence electrons. The summed E-state index contributed by atoms with van der Waals surface area (Å²) in [5, 5.41) is 0. The van der Waals surface area contributed by atoms with E-state index in [9.17, 15) is 13.2 Å². The Balaban J connectivity index is 3.15. The molecule has 0 saturated carbocycles. The van der Waals surface area contributed by atoms with Crippen LogP contribution < -0.4 is 4.74 Å². The summed E-state index contributed by atoms with van der Waals surface area (Å²) in [5.41, 5.74) is 0.729. The van der Waals surface area contributed by atoms with E-state index in [1.165, 1.54) is 26.2 Å². The first-order valence-electron chi connectivity index (χ1n) is 4.73. The fraction of sp³-hybridized carbons (Fsp3) is 0.364. The summed E-state index contributed by atoms with van der Waals surface area (Å²) < 4.78 is 28.5. The van der Waals surface area contributed by atoms with Crippen molar-refractivity contribution in [2.45, 2.75) is 18.7 Å². The fourth-order valence-corrected chi connectivity index (χ4v) is 2.73. The number of ether oxygens (including phenoxy) is 1. The summed E-state index contributed by atoms with van der Waals surface area (Å²) in [6.45, 7) is 3.01. The monoisotopic (exact) mass is 242 g/mol. The van der Waals surface area contributed by atoms with E-state index < -0.39 is 15.6 Å². The minimum absolute atomic E-state index is 0.154. The number of benzene rings is 1. The first-order chi connectivity index (χ1) is 7.36. The molecule has 16 heavy (non-hydrogen) atoms. The molecule has 0 heterocycles.